The van der Waals surface area contributed by atoms with Gasteiger partial charge in [-0.25, -0.2) is 4.79 Å². The third-order valence-corrected chi connectivity index (χ3v) is 16.5. The first kappa shape index (κ1) is 62.3. The van der Waals surface area contributed by atoms with Crippen molar-refractivity contribution in [1.29, 1.82) is 0 Å². The molecule has 15 nitrogen and oxygen atoms in total. The normalized spacial score (nSPS) is 37.6. The van der Waals surface area contributed by atoms with E-state index in [2.05, 4.69) is 24.1 Å². The Balaban J connectivity index is 1.53. The smallest absolute Gasteiger partial charge is 0.329 e. The lowest BCUT2D eigenvalue weighted by Gasteiger charge is -2.43. The number of hydrogen-bond donors (Lipinski definition) is 3. The highest BCUT2D eigenvalue weighted by atomic mass is 16.6. The number of amides is 1. The molecule has 3 aliphatic heterocycles. The van der Waals surface area contributed by atoms with Gasteiger partial charge in [0, 0.05) is 71.1 Å². The number of fused-ring (bicyclic) bond motifs is 3. The van der Waals surface area contributed by atoms with Crippen LogP contribution in [0.1, 0.15) is 137 Å². The Kier molecular flexibility index (Phi) is 24.6. The monoisotopic (exact) mass is 1060 g/mol. The van der Waals surface area contributed by atoms with Crippen LogP contribution >= 0.6 is 0 Å². The molecule has 1 saturated carbocycles. The number of oxime groups is 1. The highest BCUT2D eigenvalue weighted by molar-refractivity contribution is 6.39. The number of Topliss-reactive ketones (excluding diaryl/α,β-unsaturated/α-hetero) is 1. The van der Waals surface area contributed by atoms with Gasteiger partial charge in [0.2, 0.25) is 5.79 Å². The molecule has 0 spiro atoms. The Labute approximate surface area is 453 Å². The van der Waals surface area contributed by atoms with Gasteiger partial charge in [-0.2, -0.15) is 0 Å². The number of allylic oxidation sites excluding steroid dienone is 5. The van der Waals surface area contributed by atoms with Crippen molar-refractivity contribution in [3.63, 3.8) is 0 Å². The average Bonchev–Trinajstić information content (AvgIpc) is 3.41. The zero-order valence-electron chi connectivity index (χ0n) is 47.2. The summed E-state index contributed by atoms with van der Waals surface area (Å²) < 4.78 is 36.7. The summed E-state index contributed by atoms with van der Waals surface area (Å²) in [6.07, 6.45) is 18.7. The molecule has 16 atom stereocenters. The average molecular weight is 1060 g/mol. The van der Waals surface area contributed by atoms with Gasteiger partial charge in [-0.1, -0.05) is 94.3 Å². The van der Waals surface area contributed by atoms with Gasteiger partial charge in [-0.15, -0.1) is 6.42 Å². The molecular weight excluding hydrogens is 969 g/mol. The Hall–Kier alpha value is -4.50. The van der Waals surface area contributed by atoms with Crippen molar-refractivity contribution < 1.29 is 63.0 Å². The highest BCUT2D eigenvalue weighted by Crippen LogP contribution is 2.38. The van der Waals surface area contributed by atoms with E-state index in [0.29, 0.717) is 69.1 Å². The number of esters is 1. The van der Waals surface area contributed by atoms with Crippen LogP contribution in [-0.4, -0.2) is 139 Å². The molecule has 422 valence electrons. The third-order valence-electron chi connectivity index (χ3n) is 16.5. The number of benzene rings is 1. The van der Waals surface area contributed by atoms with Crippen LogP contribution in [0, 0.1) is 47.9 Å². The molecule has 3 heterocycles. The van der Waals surface area contributed by atoms with E-state index >= 15 is 0 Å². The number of aliphatic hydroxyl groups excluding tert-OH is 2. The minimum Gasteiger partial charge on any atom is -0.460 e. The number of cyclic esters (lactones) is 1. The largest absolute Gasteiger partial charge is 0.460 e. The molecule has 3 N–H and O–H groups in total. The number of rotatable bonds is 10. The van der Waals surface area contributed by atoms with Crippen LogP contribution in [0.3, 0.4) is 0 Å². The first-order valence-corrected chi connectivity index (χ1v) is 27.7. The second-order valence-corrected chi connectivity index (χ2v) is 22.2. The number of hydrogen-bond acceptors (Lipinski definition) is 14. The summed E-state index contributed by atoms with van der Waals surface area (Å²) in [5.41, 5.74) is 3.69. The second kappa shape index (κ2) is 30.0. The van der Waals surface area contributed by atoms with Gasteiger partial charge in [-0.3, -0.25) is 9.59 Å². The fourth-order valence-corrected chi connectivity index (χ4v) is 11.6. The molecule has 1 aromatic carbocycles. The molecule has 0 radical (unpaired) electrons. The van der Waals surface area contributed by atoms with E-state index in [1.54, 1.807) is 35.4 Å². The molecule has 0 aromatic heterocycles. The predicted molar refractivity (Wildman–Crippen MR) is 293 cm³/mol. The maximum absolute atomic E-state index is 14.7. The Morgan fingerprint density at radius 2 is 1.57 bits per heavy atom. The zero-order valence-corrected chi connectivity index (χ0v) is 47.2. The number of carbonyl (C=O) groups excluding carboxylic acids is 3. The zero-order chi connectivity index (χ0) is 55.7. The number of ketones is 1. The molecule has 2 saturated heterocycles. The van der Waals surface area contributed by atoms with E-state index in [9.17, 15) is 29.7 Å². The molecule has 4 aliphatic rings. The molecular formula is C61H90N2O13. The van der Waals surface area contributed by atoms with E-state index in [0.717, 1.165) is 23.1 Å². The summed E-state index contributed by atoms with van der Waals surface area (Å²) >= 11 is 0. The fraction of sp³-hybridized carbons (Fsp3) is 0.672. The standard InChI is InChI=1S/C61H90N2O13/c1-13-45-23-25-46(26-24-45)37-74-62-55-42(6)31-38(2)19-15-14-16-20-39(3)51(70-9)35-48-28-22-44(8)61(69,76-48)58(66)59(67)63-30-18-17-21-49(63)60(68)75-53(41(5)33-47-27-29-50(64)54(34-47)72-11)36-52(71-10)40(4)32-43(7)56(65)57(55)73-12/h1,14-16,19-20,23-26,32,38,40-42,44,47-54,56-57,64-65,69H,17-18,21-22,27-31,33-37H2,2-12H3/b16-14+,19-15+,39-20+,43-32+,62-55?/t38-,40-,41-,42-,44-,47+,48+,49+,50-,51+,52-,53+,54-,56-,57+,61-/m1/s1. The van der Waals surface area contributed by atoms with Crippen LogP contribution in [0.15, 0.2) is 77.0 Å². The van der Waals surface area contributed by atoms with E-state index in [4.69, 9.17) is 39.7 Å². The first-order chi connectivity index (χ1) is 36.3. The molecule has 2 bridgehead atoms. The Morgan fingerprint density at radius 1 is 0.842 bits per heavy atom. The van der Waals surface area contributed by atoms with Crippen molar-refractivity contribution in [3.8, 4) is 12.3 Å². The lowest BCUT2D eigenvalue weighted by Crippen LogP contribution is -2.61. The predicted octanol–water partition coefficient (Wildman–Crippen LogP) is 8.61. The minimum absolute atomic E-state index is 0.0817. The number of nitrogens with zero attached hydrogens (tertiary/aromatic N) is 2. The Morgan fingerprint density at radius 3 is 2.24 bits per heavy atom. The fourth-order valence-electron chi connectivity index (χ4n) is 11.6. The molecule has 1 amide bonds. The van der Waals surface area contributed by atoms with Crippen molar-refractivity contribution in [2.45, 2.75) is 193 Å². The summed E-state index contributed by atoms with van der Waals surface area (Å²) in [5, 5.41) is 39.6. The number of terminal acetylenes is 1. The van der Waals surface area contributed by atoms with E-state index in [-0.39, 0.29) is 61.7 Å². The number of carbonyl (C=O) groups is 3. The van der Waals surface area contributed by atoms with Crippen LogP contribution in [0.2, 0.25) is 0 Å². The van der Waals surface area contributed by atoms with Gasteiger partial charge >= 0.3 is 5.97 Å². The molecule has 5 rings (SSSR count). The van der Waals surface area contributed by atoms with Crippen molar-refractivity contribution in [2.75, 3.05) is 35.0 Å². The van der Waals surface area contributed by atoms with Gasteiger partial charge in [0.1, 0.15) is 31.0 Å². The van der Waals surface area contributed by atoms with Gasteiger partial charge in [0.25, 0.3) is 11.7 Å². The van der Waals surface area contributed by atoms with Gasteiger partial charge < -0.3 is 53.5 Å². The molecule has 15 heteroatoms. The van der Waals surface area contributed by atoms with Crippen molar-refractivity contribution in [3.05, 3.63) is 83.0 Å². The van der Waals surface area contributed by atoms with E-state index < -0.39 is 78.1 Å². The maximum Gasteiger partial charge on any atom is 0.329 e. The number of piperidine rings is 1. The quantitative estimate of drug-likeness (QED) is 0.0664. The molecule has 1 aromatic rings. The van der Waals surface area contributed by atoms with Gasteiger partial charge in [-0.05, 0) is 125 Å². The summed E-state index contributed by atoms with van der Waals surface area (Å²) in [4.78, 5) is 50.8. The minimum atomic E-state index is -2.41. The summed E-state index contributed by atoms with van der Waals surface area (Å²) in [6, 6.07) is 6.41. The van der Waals surface area contributed by atoms with Crippen LogP contribution in [0.25, 0.3) is 0 Å². The van der Waals surface area contributed by atoms with Crippen molar-refractivity contribution >= 4 is 23.4 Å². The number of aliphatic hydroxyl groups is 3. The van der Waals surface area contributed by atoms with Crippen molar-refractivity contribution in [1.82, 2.24) is 4.90 Å². The third kappa shape index (κ3) is 16.8. The molecule has 76 heavy (non-hydrogen) atoms. The van der Waals surface area contributed by atoms with E-state index in [1.165, 1.54) is 4.90 Å². The summed E-state index contributed by atoms with van der Waals surface area (Å²) in [6.45, 7) is 14.0. The summed E-state index contributed by atoms with van der Waals surface area (Å²) in [5.74, 6) is -3.63. The van der Waals surface area contributed by atoms with Crippen molar-refractivity contribution in [2.24, 2.45) is 40.7 Å². The lowest BCUT2D eigenvalue weighted by atomic mass is 9.78. The van der Waals surface area contributed by atoms with Crippen LogP contribution in [0.4, 0.5) is 0 Å². The lowest BCUT2D eigenvalue weighted by molar-refractivity contribution is -0.265. The van der Waals surface area contributed by atoms with Crippen LogP contribution in [0.5, 0.6) is 0 Å². The second-order valence-electron chi connectivity index (χ2n) is 22.2. The highest BCUT2D eigenvalue weighted by Gasteiger charge is 2.53. The van der Waals surface area contributed by atoms with Gasteiger partial charge in [0.05, 0.1) is 36.2 Å². The number of ether oxygens (including phenoxy) is 6. The van der Waals surface area contributed by atoms with Gasteiger partial charge in [0.15, 0.2) is 0 Å². The molecule has 3 fully saturated rings. The van der Waals surface area contributed by atoms with Crippen LogP contribution in [-0.2, 0) is 54.2 Å². The number of methoxy groups -OCH3 is 4. The topological polar surface area (TPSA) is 192 Å². The van der Waals surface area contributed by atoms with E-state index in [1.807, 2.05) is 89.3 Å². The summed E-state index contributed by atoms with van der Waals surface area (Å²) in [7, 11) is 6.36. The van der Waals surface area contributed by atoms with Crippen LogP contribution < -0.4 is 0 Å². The Bertz CT molecular complexity index is 2230. The first-order valence-electron chi connectivity index (χ1n) is 27.7. The SMILES string of the molecule is C#Cc1ccc(CON=C2[C@H](C)C[C@H](C)/C=C/C=C/C=C(\C)[C@@H](OC)C[C@@H]3CC[C@@H](C)[C@@](O)(O3)C(=O)C(=O)N3CCCC[C@H]3C(=O)O[C@H]([C@H](C)C[C@@H]3CC[C@@H](O)[C@H](OC)C3)C[C@@H](OC)[C@H](C)/C=C(\C)[C@@H](O)[C@H]2OC)cc1. The maximum atomic E-state index is 14.7. The molecule has 0 unspecified atom stereocenters. The molecule has 1 aliphatic carbocycles.